The van der Waals surface area contributed by atoms with Crippen LogP contribution in [0.3, 0.4) is 0 Å². The molecule has 0 bridgehead atoms. The Bertz CT molecular complexity index is 1100. The Balaban J connectivity index is 1.55. The van der Waals surface area contributed by atoms with E-state index < -0.39 is 29.3 Å². The van der Waals surface area contributed by atoms with Crippen molar-refractivity contribution in [1.82, 2.24) is 9.78 Å². The molecule has 0 aliphatic heterocycles. The number of aliphatic carboxylic acids is 1. The van der Waals surface area contributed by atoms with Gasteiger partial charge in [-0.05, 0) is 70.1 Å². The van der Waals surface area contributed by atoms with Crippen molar-refractivity contribution in [2.75, 3.05) is 0 Å². The van der Waals surface area contributed by atoms with E-state index in [4.69, 9.17) is 9.84 Å². The number of carboxylic acid groups (broad SMARTS) is 1. The molecule has 8 heteroatoms. The molecular weight excluding hydrogens is 470 g/mol. The standard InChI is InChI=1S/C23H23BrF2N2O3/c1-13(8-21(29)30)15-10-18(25)22(19(26)11-15)31-12-14-6-7-17-20(9-14)28(27-23(17)24)16-4-2-3-5-16/h6-7,9-11,13,16H,2-5,8,12H2,1H3,(H,29,30). The summed E-state index contributed by atoms with van der Waals surface area (Å²) in [6, 6.07) is 8.38. The van der Waals surface area contributed by atoms with Crippen LogP contribution in [0.4, 0.5) is 8.78 Å². The van der Waals surface area contributed by atoms with Crippen LogP contribution in [-0.4, -0.2) is 20.9 Å². The molecule has 0 amide bonds. The minimum Gasteiger partial charge on any atom is -0.483 e. The molecule has 0 saturated heterocycles. The molecule has 31 heavy (non-hydrogen) atoms. The number of halogens is 3. The molecule has 1 atom stereocenters. The van der Waals surface area contributed by atoms with Gasteiger partial charge in [-0.3, -0.25) is 9.48 Å². The van der Waals surface area contributed by atoms with Crippen molar-refractivity contribution in [1.29, 1.82) is 0 Å². The van der Waals surface area contributed by atoms with Gasteiger partial charge in [-0.15, -0.1) is 0 Å². The summed E-state index contributed by atoms with van der Waals surface area (Å²) >= 11 is 3.52. The van der Waals surface area contributed by atoms with Crippen molar-refractivity contribution in [3.8, 4) is 5.75 Å². The van der Waals surface area contributed by atoms with Gasteiger partial charge >= 0.3 is 5.97 Å². The fraction of sp³-hybridized carbons (Fsp3) is 0.391. The Morgan fingerprint density at radius 2 is 1.94 bits per heavy atom. The maximum Gasteiger partial charge on any atom is 0.303 e. The maximum absolute atomic E-state index is 14.5. The summed E-state index contributed by atoms with van der Waals surface area (Å²) in [5, 5.41) is 14.5. The zero-order valence-electron chi connectivity index (χ0n) is 17.1. The average molecular weight is 493 g/mol. The molecule has 1 saturated carbocycles. The van der Waals surface area contributed by atoms with Crippen LogP contribution < -0.4 is 4.74 Å². The summed E-state index contributed by atoms with van der Waals surface area (Å²) in [6.07, 6.45) is 4.35. The molecule has 1 aliphatic rings. The largest absolute Gasteiger partial charge is 0.483 e. The number of carboxylic acids is 1. The number of nitrogens with zero attached hydrogens (tertiary/aromatic N) is 2. The van der Waals surface area contributed by atoms with E-state index in [0.29, 0.717) is 6.04 Å². The zero-order chi connectivity index (χ0) is 22.1. The van der Waals surface area contributed by atoms with Crippen LogP contribution in [0.25, 0.3) is 10.9 Å². The SMILES string of the molecule is CC(CC(=O)O)c1cc(F)c(OCc2ccc3c(Br)nn(C4CCCC4)c3c2)c(F)c1. The van der Waals surface area contributed by atoms with Crippen LogP contribution in [0.2, 0.25) is 0 Å². The normalized spacial score (nSPS) is 15.5. The summed E-state index contributed by atoms with van der Waals surface area (Å²) in [4.78, 5) is 10.9. The molecule has 1 N–H and O–H groups in total. The third-order valence-electron chi connectivity index (χ3n) is 5.85. The fourth-order valence-corrected chi connectivity index (χ4v) is 4.70. The smallest absolute Gasteiger partial charge is 0.303 e. The van der Waals surface area contributed by atoms with E-state index in [0.717, 1.165) is 46.0 Å². The molecule has 1 aromatic heterocycles. The molecule has 4 rings (SSSR count). The lowest BCUT2D eigenvalue weighted by Crippen LogP contribution is -2.07. The van der Waals surface area contributed by atoms with Gasteiger partial charge in [0, 0.05) is 5.39 Å². The third-order valence-corrected chi connectivity index (χ3v) is 6.44. The van der Waals surface area contributed by atoms with Gasteiger partial charge in [0.2, 0.25) is 0 Å². The summed E-state index contributed by atoms with van der Waals surface area (Å²) < 4.78 is 37.3. The first-order chi connectivity index (χ1) is 14.8. The number of rotatable bonds is 7. The monoisotopic (exact) mass is 492 g/mol. The highest BCUT2D eigenvalue weighted by atomic mass is 79.9. The first-order valence-corrected chi connectivity index (χ1v) is 11.1. The second-order valence-corrected chi connectivity index (χ2v) is 8.88. The molecule has 0 spiro atoms. The van der Waals surface area contributed by atoms with Crippen LogP contribution in [0, 0.1) is 11.6 Å². The molecule has 1 fully saturated rings. The van der Waals surface area contributed by atoms with Gasteiger partial charge < -0.3 is 9.84 Å². The Morgan fingerprint density at radius 3 is 2.58 bits per heavy atom. The van der Waals surface area contributed by atoms with Gasteiger partial charge in [0.15, 0.2) is 17.4 Å². The van der Waals surface area contributed by atoms with Gasteiger partial charge in [0.25, 0.3) is 0 Å². The van der Waals surface area contributed by atoms with Crippen molar-refractivity contribution in [3.63, 3.8) is 0 Å². The minimum absolute atomic E-state index is 0.00126. The minimum atomic E-state index is -1.02. The second kappa shape index (κ2) is 8.94. The fourth-order valence-electron chi connectivity index (χ4n) is 4.20. The molecule has 5 nitrogen and oxygen atoms in total. The summed E-state index contributed by atoms with van der Waals surface area (Å²) in [5.41, 5.74) is 2.04. The van der Waals surface area contributed by atoms with Gasteiger partial charge in [0.1, 0.15) is 11.2 Å². The lowest BCUT2D eigenvalue weighted by Gasteiger charge is -2.14. The highest BCUT2D eigenvalue weighted by Gasteiger charge is 2.22. The molecule has 1 aliphatic carbocycles. The van der Waals surface area contributed by atoms with Gasteiger partial charge in [-0.25, -0.2) is 8.78 Å². The van der Waals surface area contributed by atoms with Crippen LogP contribution in [0.15, 0.2) is 34.9 Å². The van der Waals surface area contributed by atoms with Crippen LogP contribution in [-0.2, 0) is 11.4 Å². The average Bonchev–Trinajstić information content (AvgIpc) is 3.35. The third kappa shape index (κ3) is 4.59. The number of benzene rings is 2. The summed E-state index contributed by atoms with van der Waals surface area (Å²) in [6.45, 7) is 1.62. The van der Waals surface area contributed by atoms with Crippen molar-refractivity contribution < 1.29 is 23.4 Å². The van der Waals surface area contributed by atoms with Gasteiger partial charge in [0.05, 0.1) is 18.0 Å². The van der Waals surface area contributed by atoms with E-state index in [1.165, 1.54) is 12.8 Å². The lowest BCUT2D eigenvalue weighted by molar-refractivity contribution is -0.137. The van der Waals surface area contributed by atoms with E-state index in [1.54, 1.807) is 6.92 Å². The Morgan fingerprint density at radius 1 is 1.26 bits per heavy atom. The van der Waals surface area contributed by atoms with Crippen LogP contribution in [0.1, 0.15) is 62.1 Å². The number of hydrogen-bond donors (Lipinski definition) is 1. The predicted octanol–water partition coefficient (Wildman–Crippen LogP) is 6.35. The van der Waals surface area contributed by atoms with Crippen LogP contribution >= 0.6 is 15.9 Å². The molecule has 0 radical (unpaired) electrons. The van der Waals surface area contributed by atoms with Crippen molar-refractivity contribution in [2.45, 2.75) is 57.6 Å². The quantitative estimate of drug-likeness (QED) is 0.417. The highest BCUT2D eigenvalue weighted by molar-refractivity contribution is 9.10. The zero-order valence-corrected chi connectivity index (χ0v) is 18.7. The molecule has 3 aromatic rings. The van der Waals surface area contributed by atoms with Crippen molar-refractivity contribution >= 4 is 32.8 Å². The highest BCUT2D eigenvalue weighted by Crippen LogP contribution is 2.35. The first kappa shape index (κ1) is 21.7. The number of hydrogen-bond acceptors (Lipinski definition) is 3. The predicted molar refractivity (Wildman–Crippen MR) is 116 cm³/mol. The number of fused-ring (bicyclic) bond motifs is 1. The molecule has 1 heterocycles. The maximum atomic E-state index is 14.5. The Labute approximate surface area is 187 Å². The lowest BCUT2D eigenvalue weighted by atomic mass is 9.97. The molecular formula is C23H23BrF2N2O3. The topological polar surface area (TPSA) is 64.3 Å². The van der Waals surface area contributed by atoms with E-state index in [-0.39, 0.29) is 18.6 Å². The number of ether oxygens (including phenoxy) is 1. The van der Waals surface area contributed by atoms with Gasteiger partial charge in [-0.1, -0.05) is 25.8 Å². The second-order valence-electron chi connectivity index (χ2n) is 8.13. The molecule has 164 valence electrons. The number of aromatic nitrogens is 2. The van der Waals surface area contributed by atoms with Crippen molar-refractivity contribution in [2.24, 2.45) is 0 Å². The Hall–Kier alpha value is -2.48. The molecule has 1 unspecified atom stereocenters. The summed E-state index contributed by atoms with van der Waals surface area (Å²) in [5.74, 6) is -3.67. The van der Waals surface area contributed by atoms with Gasteiger partial charge in [-0.2, -0.15) is 5.10 Å². The summed E-state index contributed by atoms with van der Waals surface area (Å²) in [7, 11) is 0. The van der Waals surface area contributed by atoms with E-state index in [9.17, 15) is 13.6 Å². The molecule has 2 aromatic carbocycles. The van der Waals surface area contributed by atoms with E-state index in [2.05, 4.69) is 21.0 Å². The van der Waals surface area contributed by atoms with E-state index >= 15 is 0 Å². The van der Waals surface area contributed by atoms with E-state index in [1.807, 2.05) is 22.9 Å². The van der Waals surface area contributed by atoms with Crippen LogP contribution in [0.5, 0.6) is 5.75 Å². The first-order valence-electron chi connectivity index (χ1n) is 10.3. The number of carbonyl (C=O) groups is 1. The van der Waals surface area contributed by atoms with Crippen molar-refractivity contribution in [3.05, 3.63) is 57.7 Å². The Kier molecular flexibility index (Phi) is 6.27.